The number of anilines is 3. The largest absolute Gasteiger partial charge is 0.449 e. The lowest BCUT2D eigenvalue weighted by Gasteiger charge is -2.35. The lowest BCUT2D eigenvalue weighted by atomic mass is 9.67. The van der Waals surface area contributed by atoms with Crippen LogP contribution in [-0.4, -0.2) is 0 Å². The predicted molar refractivity (Wildman–Crippen MR) is 286 cm³/mol. The van der Waals surface area contributed by atoms with E-state index in [9.17, 15) is 0 Å². The summed E-state index contributed by atoms with van der Waals surface area (Å²) in [5.74, 6) is 2.80. The summed E-state index contributed by atoms with van der Waals surface area (Å²) in [4.78, 5) is 2.35. The average Bonchev–Trinajstić information content (AvgIpc) is 4.00. The van der Waals surface area contributed by atoms with Crippen LogP contribution >= 0.6 is 0 Å². The Morgan fingerprint density at radius 1 is 0.486 bits per heavy atom. The number of benzene rings is 9. The maximum atomic E-state index is 7.14. The number of fused-ring (bicyclic) bond motifs is 14. The van der Waals surface area contributed by atoms with Crippen molar-refractivity contribution in [1.82, 2.24) is 0 Å². The van der Waals surface area contributed by atoms with Gasteiger partial charge >= 0.3 is 0 Å². The molecule has 1 heterocycles. The predicted octanol–water partition coefficient (Wildman–Crippen LogP) is 17.6. The highest BCUT2D eigenvalue weighted by Crippen LogP contribution is 2.65. The van der Waals surface area contributed by atoms with E-state index in [-0.39, 0.29) is 0 Å². The van der Waals surface area contributed by atoms with E-state index in [0.29, 0.717) is 11.5 Å². The molecule has 9 aromatic rings. The Morgan fingerprint density at radius 2 is 1.04 bits per heavy atom. The third kappa shape index (κ3) is 5.52. The first kappa shape index (κ1) is 40.4. The third-order valence-electron chi connectivity index (χ3n) is 15.7. The number of ether oxygens (including phenoxy) is 2. The zero-order valence-electron chi connectivity index (χ0n) is 38.8. The molecule has 0 saturated carbocycles. The van der Waals surface area contributed by atoms with Crippen molar-refractivity contribution in [3.05, 3.63) is 287 Å². The molecule has 0 N–H and O–H groups in total. The van der Waals surface area contributed by atoms with E-state index >= 15 is 0 Å². The van der Waals surface area contributed by atoms with Gasteiger partial charge in [0, 0.05) is 17.4 Å². The number of hydrogen-bond donors (Lipinski definition) is 0. The van der Waals surface area contributed by atoms with Gasteiger partial charge in [-0.2, -0.15) is 0 Å². The molecule has 4 aliphatic carbocycles. The van der Waals surface area contributed by atoms with Gasteiger partial charge in [0.05, 0.1) is 16.5 Å². The minimum absolute atomic E-state index is 0.410. The molecule has 0 radical (unpaired) electrons. The second kappa shape index (κ2) is 15.4. The van der Waals surface area contributed by atoms with Crippen LogP contribution in [0.4, 0.5) is 17.1 Å². The topological polar surface area (TPSA) is 21.7 Å². The first-order valence-electron chi connectivity index (χ1n) is 24.4. The van der Waals surface area contributed by atoms with E-state index in [1.165, 1.54) is 77.9 Å². The van der Waals surface area contributed by atoms with Gasteiger partial charge in [-0.05, 0) is 157 Å². The molecule has 0 saturated heterocycles. The fourth-order valence-electron chi connectivity index (χ4n) is 12.9. The van der Waals surface area contributed by atoms with E-state index < -0.39 is 10.8 Å². The summed E-state index contributed by atoms with van der Waals surface area (Å²) in [5, 5.41) is 0. The second-order valence-corrected chi connectivity index (χ2v) is 18.9. The number of hydrogen-bond acceptors (Lipinski definition) is 3. The molecule has 0 bridgehead atoms. The molecule has 0 amide bonds. The highest BCUT2D eigenvalue weighted by atomic mass is 16.6. The first-order chi connectivity index (χ1) is 34.6. The van der Waals surface area contributed by atoms with Gasteiger partial charge in [-0.1, -0.05) is 183 Å². The van der Waals surface area contributed by atoms with Crippen LogP contribution < -0.4 is 14.4 Å². The van der Waals surface area contributed by atoms with Crippen LogP contribution in [0.5, 0.6) is 23.0 Å². The molecule has 1 spiro atoms. The van der Waals surface area contributed by atoms with Gasteiger partial charge in [-0.25, -0.2) is 0 Å². The molecule has 1 unspecified atom stereocenters. The van der Waals surface area contributed by atoms with Gasteiger partial charge in [-0.3, -0.25) is 0 Å². The minimum Gasteiger partial charge on any atom is -0.449 e. The normalized spacial score (nSPS) is 17.0. The quantitative estimate of drug-likeness (QED) is 0.149. The van der Waals surface area contributed by atoms with Crippen LogP contribution in [0.15, 0.2) is 248 Å². The van der Waals surface area contributed by atoms with Crippen molar-refractivity contribution in [2.45, 2.75) is 30.6 Å². The van der Waals surface area contributed by atoms with Crippen molar-refractivity contribution < 1.29 is 9.47 Å². The van der Waals surface area contributed by atoms with Gasteiger partial charge in [-0.15, -0.1) is 0 Å². The highest BCUT2D eigenvalue weighted by Gasteiger charge is 2.53. The number of rotatable bonds is 7. The fraction of sp³-hybridized carbons (Fsp3) is 0.0746. The van der Waals surface area contributed by atoms with Crippen molar-refractivity contribution in [2.75, 3.05) is 4.90 Å². The lowest BCUT2D eigenvalue weighted by molar-refractivity contribution is 0.359. The smallest absolute Gasteiger partial charge is 0.172 e. The van der Waals surface area contributed by atoms with E-state index in [1.807, 2.05) is 6.08 Å². The minimum atomic E-state index is -0.582. The van der Waals surface area contributed by atoms with Gasteiger partial charge < -0.3 is 14.4 Å². The zero-order valence-corrected chi connectivity index (χ0v) is 38.8. The second-order valence-electron chi connectivity index (χ2n) is 18.9. The van der Waals surface area contributed by atoms with E-state index in [1.54, 1.807) is 0 Å². The molecule has 5 aliphatic rings. The molecular weight excluding hydrogens is 851 g/mol. The van der Waals surface area contributed by atoms with E-state index in [0.717, 1.165) is 52.5 Å². The molecule has 70 heavy (non-hydrogen) atoms. The molecule has 14 rings (SSSR count). The highest BCUT2D eigenvalue weighted by molar-refractivity contribution is 5.98. The Bertz CT molecular complexity index is 3700. The summed E-state index contributed by atoms with van der Waals surface area (Å²) in [6, 6.07) is 75.1. The van der Waals surface area contributed by atoms with Gasteiger partial charge in [0.25, 0.3) is 0 Å². The molecule has 1 atom stereocenters. The Labute approximate surface area is 409 Å². The van der Waals surface area contributed by atoms with Gasteiger partial charge in [0.2, 0.25) is 0 Å². The maximum Gasteiger partial charge on any atom is 0.172 e. The molecule has 1 aliphatic heterocycles. The monoisotopic (exact) mass is 897 g/mol. The van der Waals surface area contributed by atoms with Crippen LogP contribution in [0, 0.1) is 0 Å². The Hall–Kier alpha value is -8.66. The average molecular weight is 898 g/mol. The molecule has 0 fully saturated rings. The van der Waals surface area contributed by atoms with Crippen LogP contribution in [0.3, 0.4) is 0 Å². The number of allylic oxidation sites excluding steroid dienone is 7. The van der Waals surface area contributed by atoms with Crippen molar-refractivity contribution in [3.8, 4) is 56.4 Å². The Kier molecular flexibility index (Phi) is 8.91. The summed E-state index contributed by atoms with van der Waals surface area (Å²) in [7, 11) is 0. The Morgan fingerprint density at radius 3 is 1.76 bits per heavy atom. The summed E-state index contributed by atoms with van der Waals surface area (Å²) >= 11 is 0. The van der Waals surface area contributed by atoms with Crippen LogP contribution in [0.1, 0.15) is 58.7 Å². The molecule has 332 valence electrons. The lowest BCUT2D eigenvalue weighted by Crippen LogP contribution is -2.29. The van der Waals surface area contributed by atoms with Crippen molar-refractivity contribution in [1.29, 1.82) is 0 Å². The van der Waals surface area contributed by atoms with E-state index in [4.69, 9.17) is 9.47 Å². The summed E-state index contributed by atoms with van der Waals surface area (Å²) in [6.45, 7) is 6.53. The molecule has 3 nitrogen and oxygen atoms in total. The standard InChI is InChI=1S/C67H47NO2/c1-3-45(4-2)66(46-21-9-6-10-22-46)56-27-15-11-25-52(56)54-37-35-48(39-60(54)66)68(47-33-31-44(32-34-47)43-19-7-5-8-20-43)49-36-38-62-63(40-49)70-65-42-61-55(41-64(65)69-62)53-26-14-18-30-59(53)67(61)57-28-16-12-23-50(57)51-24-13-17-29-58(51)67/h3-17,19-29,31-42H,1,18,30H2,2H3/b45-4+. The summed E-state index contributed by atoms with van der Waals surface area (Å²) in [5.41, 5.74) is 22.1. The molecule has 0 aromatic heterocycles. The number of nitrogens with zero attached hydrogens (tertiary/aromatic N) is 1. The summed E-state index contributed by atoms with van der Waals surface area (Å²) < 4.78 is 14.0. The van der Waals surface area contributed by atoms with Crippen LogP contribution in [0.2, 0.25) is 0 Å². The fourth-order valence-corrected chi connectivity index (χ4v) is 12.9. The maximum absolute atomic E-state index is 7.14. The third-order valence-corrected chi connectivity index (χ3v) is 15.7. The van der Waals surface area contributed by atoms with Crippen molar-refractivity contribution >= 4 is 22.6 Å². The van der Waals surface area contributed by atoms with Crippen LogP contribution in [-0.2, 0) is 10.8 Å². The van der Waals surface area contributed by atoms with Gasteiger partial charge in [0.1, 0.15) is 0 Å². The van der Waals surface area contributed by atoms with E-state index in [2.05, 4.69) is 243 Å². The molecule has 3 heteroatoms. The molecule has 9 aromatic carbocycles. The molecular formula is C67H47NO2. The Balaban J connectivity index is 0.931. The zero-order chi connectivity index (χ0) is 46.6. The van der Waals surface area contributed by atoms with Crippen LogP contribution in [0.25, 0.3) is 39.0 Å². The van der Waals surface area contributed by atoms with Gasteiger partial charge in [0.15, 0.2) is 23.0 Å². The van der Waals surface area contributed by atoms with Crippen molar-refractivity contribution in [3.63, 3.8) is 0 Å². The van der Waals surface area contributed by atoms with Crippen molar-refractivity contribution in [2.24, 2.45) is 0 Å². The first-order valence-corrected chi connectivity index (χ1v) is 24.4. The summed E-state index contributed by atoms with van der Waals surface area (Å²) in [6.07, 6.45) is 10.9. The SMILES string of the molecule is C=C/C(=C\C)C1(c2ccccc2)c2ccccc2-c2ccc(N(c3ccc(-c4ccccc4)cc3)c3ccc4c(c3)Oc3cc5c(cc3O4)C3=C(CCC=C3)C53c4ccccc4-c4ccccc43)cc21.